The number of carbonyl (C=O) groups excluding carboxylic acids is 1. The van der Waals surface area contributed by atoms with Crippen molar-refractivity contribution in [2.24, 2.45) is 0 Å². The van der Waals surface area contributed by atoms with Crippen molar-refractivity contribution >= 4 is 21.6 Å². The van der Waals surface area contributed by atoms with E-state index < -0.39 is 10.0 Å². The molecule has 0 fully saturated rings. The maximum absolute atomic E-state index is 12.7. The molecule has 0 radical (unpaired) electrons. The van der Waals surface area contributed by atoms with Gasteiger partial charge < -0.3 is 9.64 Å². The van der Waals surface area contributed by atoms with Crippen LogP contribution in [0, 0.1) is 0 Å². The van der Waals surface area contributed by atoms with Gasteiger partial charge in [0.2, 0.25) is 10.0 Å². The molecule has 1 aliphatic rings. The lowest BCUT2D eigenvalue weighted by Gasteiger charge is -2.22. The molecule has 0 saturated carbocycles. The molecule has 166 valence electrons. The number of nitrogens with one attached hydrogen (secondary N) is 1. The minimum Gasteiger partial charge on any atom is -0.484 e. The van der Waals surface area contributed by atoms with Crippen molar-refractivity contribution in [3.05, 3.63) is 90.0 Å². The van der Waals surface area contributed by atoms with Crippen LogP contribution in [0.25, 0.3) is 0 Å². The van der Waals surface area contributed by atoms with Gasteiger partial charge in [0.05, 0.1) is 4.90 Å². The number of ether oxygens (including phenoxy) is 1. The van der Waals surface area contributed by atoms with Crippen molar-refractivity contribution < 1.29 is 17.9 Å². The van der Waals surface area contributed by atoms with Crippen LogP contribution in [0.1, 0.15) is 18.1 Å². The van der Waals surface area contributed by atoms with Crippen molar-refractivity contribution in [3.63, 3.8) is 0 Å². The van der Waals surface area contributed by atoms with E-state index in [1.807, 2.05) is 61.5 Å². The third-order valence-electron chi connectivity index (χ3n) is 5.52. The molecule has 0 aliphatic carbocycles. The van der Waals surface area contributed by atoms with E-state index in [2.05, 4.69) is 4.72 Å². The van der Waals surface area contributed by atoms with Crippen molar-refractivity contribution in [1.29, 1.82) is 0 Å². The topological polar surface area (TPSA) is 75.7 Å². The van der Waals surface area contributed by atoms with Crippen LogP contribution < -0.4 is 14.4 Å². The summed E-state index contributed by atoms with van der Waals surface area (Å²) >= 11 is 0. The average Bonchev–Trinajstić information content (AvgIpc) is 3.14. The summed E-state index contributed by atoms with van der Waals surface area (Å²) in [7, 11) is -3.61. The average molecular weight is 451 g/mol. The van der Waals surface area contributed by atoms with Gasteiger partial charge in [-0.1, -0.05) is 48.5 Å². The number of hydrogen-bond acceptors (Lipinski definition) is 4. The van der Waals surface area contributed by atoms with Crippen LogP contribution in [-0.4, -0.2) is 33.5 Å². The molecule has 0 spiro atoms. The van der Waals surface area contributed by atoms with E-state index in [0.29, 0.717) is 18.7 Å². The Morgan fingerprint density at radius 2 is 1.69 bits per heavy atom. The number of nitrogens with zero attached hydrogens (tertiary/aromatic N) is 1. The Balaban J connectivity index is 1.32. The van der Waals surface area contributed by atoms with Gasteiger partial charge in [-0.2, -0.15) is 0 Å². The van der Waals surface area contributed by atoms with Crippen LogP contribution in [0.15, 0.2) is 83.8 Å². The third-order valence-corrected chi connectivity index (χ3v) is 7.00. The number of carbonyl (C=O) groups is 1. The third kappa shape index (κ3) is 5.00. The molecule has 1 atom stereocenters. The molecule has 0 bridgehead atoms. The van der Waals surface area contributed by atoms with Crippen molar-refractivity contribution in [2.45, 2.75) is 30.7 Å². The molecular formula is C25H26N2O4S. The van der Waals surface area contributed by atoms with Gasteiger partial charge in [0.1, 0.15) is 5.75 Å². The SMILES string of the molecule is CC1Cc2ccccc2N1C(=O)COc1ccc(S(=O)(=O)NCCc2ccccc2)cc1. The zero-order valence-electron chi connectivity index (χ0n) is 17.9. The molecule has 4 rings (SSSR count). The Morgan fingerprint density at radius 1 is 1.00 bits per heavy atom. The van der Waals surface area contributed by atoms with Gasteiger partial charge in [-0.3, -0.25) is 4.79 Å². The highest BCUT2D eigenvalue weighted by Crippen LogP contribution is 2.31. The normalized spacial score (nSPS) is 15.4. The summed E-state index contributed by atoms with van der Waals surface area (Å²) in [6, 6.07) is 23.8. The van der Waals surface area contributed by atoms with Gasteiger partial charge in [0.25, 0.3) is 5.91 Å². The van der Waals surface area contributed by atoms with Crippen LogP contribution in [0.3, 0.4) is 0 Å². The Morgan fingerprint density at radius 3 is 2.44 bits per heavy atom. The summed E-state index contributed by atoms with van der Waals surface area (Å²) < 4.78 is 33.3. The molecule has 1 aliphatic heterocycles. The molecule has 3 aromatic carbocycles. The molecule has 32 heavy (non-hydrogen) atoms. The second kappa shape index (κ2) is 9.54. The zero-order chi connectivity index (χ0) is 22.6. The van der Waals surface area contributed by atoms with E-state index in [0.717, 1.165) is 23.2 Å². The molecule has 6 nitrogen and oxygen atoms in total. The number of fused-ring (bicyclic) bond motifs is 1. The number of sulfonamides is 1. The van der Waals surface area contributed by atoms with Crippen LogP contribution in [0.5, 0.6) is 5.75 Å². The number of para-hydroxylation sites is 1. The first-order valence-corrected chi connectivity index (χ1v) is 12.1. The summed E-state index contributed by atoms with van der Waals surface area (Å²) in [4.78, 5) is 14.7. The number of hydrogen-bond donors (Lipinski definition) is 1. The summed E-state index contributed by atoms with van der Waals surface area (Å²) in [5.74, 6) is 0.323. The first-order chi connectivity index (χ1) is 15.4. The van der Waals surface area contributed by atoms with E-state index in [4.69, 9.17) is 4.74 Å². The summed E-state index contributed by atoms with van der Waals surface area (Å²) in [6.07, 6.45) is 1.44. The van der Waals surface area contributed by atoms with Gasteiger partial charge in [0.15, 0.2) is 6.61 Å². The summed E-state index contributed by atoms with van der Waals surface area (Å²) in [5, 5.41) is 0. The molecule has 1 amide bonds. The zero-order valence-corrected chi connectivity index (χ0v) is 18.7. The van der Waals surface area contributed by atoms with Gasteiger partial charge in [-0.05, 0) is 61.2 Å². The molecule has 7 heteroatoms. The minimum atomic E-state index is -3.61. The van der Waals surface area contributed by atoms with Gasteiger partial charge in [0, 0.05) is 18.3 Å². The van der Waals surface area contributed by atoms with Crippen molar-refractivity contribution in [1.82, 2.24) is 4.72 Å². The number of amides is 1. The largest absolute Gasteiger partial charge is 0.484 e. The lowest BCUT2D eigenvalue weighted by atomic mass is 10.1. The molecule has 0 aromatic heterocycles. The lowest BCUT2D eigenvalue weighted by molar-refractivity contribution is -0.120. The van der Waals surface area contributed by atoms with E-state index >= 15 is 0 Å². The van der Waals surface area contributed by atoms with Crippen LogP contribution >= 0.6 is 0 Å². The highest BCUT2D eigenvalue weighted by atomic mass is 32.2. The Bertz CT molecular complexity index is 1180. The van der Waals surface area contributed by atoms with Crippen molar-refractivity contribution in [2.75, 3.05) is 18.1 Å². The van der Waals surface area contributed by atoms with E-state index in [1.165, 1.54) is 12.1 Å². The summed E-state index contributed by atoms with van der Waals surface area (Å²) in [5.41, 5.74) is 3.15. The van der Waals surface area contributed by atoms with Gasteiger partial charge in [-0.15, -0.1) is 0 Å². The number of benzene rings is 3. The molecule has 1 unspecified atom stereocenters. The monoisotopic (exact) mass is 450 g/mol. The first-order valence-electron chi connectivity index (χ1n) is 10.6. The predicted molar refractivity (Wildman–Crippen MR) is 124 cm³/mol. The molecular weight excluding hydrogens is 424 g/mol. The van der Waals surface area contributed by atoms with Crippen LogP contribution in [0.2, 0.25) is 0 Å². The quantitative estimate of drug-likeness (QED) is 0.569. The van der Waals surface area contributed by atoms with Gasteiger partial charge >= 0.3 is 0 Å². The Kier molecular flexibility index (Phi) is 6.58. The van der Waals surface area contributed by atoms with Gasteiger partial charge in [-0.25, -0.2) is 13.1 Å². The Hall–Kier alpha value is -3.16. The molecule has 3 aromatic rings. The molecule has 0 saturated heterocycles. The second-order valence-corrected chi connectivity index (χ2v) is 9.61. The highest BCUT2D eigenvalue weighted by molar-refractivity contribution is 7.89. The highest BCUT2D eigenvalue weighted by Gasteiger charge is 2.30. The fourth-order valence-electron chi connectivity index (χ4n) is 3.93. The maximum Gasteiger partial charge on any atom is 0.265 e. The smallest absolute Gasteiger partial charge is 0.265 e. The lowest BCUT2D eigenvalue weighted by Crippen LogP contribution is -2.39. The number of anilines is 1. The van der Waals surface area contributed by atoms with Crippen LogP contribution in [-0.2, 0) is 27.7 Å². The van der Waals surface area contributed by atoms with E-state index in [9.17, 15) is 13.2 Å². The van der Waals surface area contributed by atoms with E-state index in [-0.39, 0.29) is 23.5 Å². The predicted octanol–water partition coefficient (Wildman–Crippen LogP) is 3.56. The first kappa shape index (κ1) is 22.0. The minimum absolute atomic E-state index is 0.0815. The van der Waals surface area contributed by atoms with Crippen molar-refractivity contribution in [3.8, 4) is 5.75 Å². The second-order valence-electron chi connectivity index (χ2n) is 7.84. The number of rotatable bonds is 8. The maximum atomic E-state index is 12.7. The van der Waals surface area contributed by atoms with E-state index in [1.54, 1.807) is 17.0 Å². The molecule has 1 heterocycles. The summed E-state index contributed by atoms with van der Waals surface area (Å²) in [6.45, 7) is 2.22. The Labute approximate surface area is 188 Å². The standard InChI is InChI=1S/C25H26N2O4S/c1-19-17-21-9-5-6-10-24(21)27(19)25(28)18-31-22-11-13-23(14-12-22)32(29,30)26-16-15-20-7-3-2-4-8-20/h2-14,19,26H,15-18H2,1H3. The molecule has 1 N–H and O–H groups in total. The fourth-order valence-corrected chi connectivity index (χ4v) is 4.96. The van der Waals surface area contributed by atoms with Crippen LogP contribution in [0.4, 0.5) is 5.69 Å². The fraction of sp³-hybridized carbons (Fsp3) is 0.240.